The Morgan fingerprint density at radius 1 is 1.37 bits per heavy atom. The fraction of sp³-hybridized carbons (Fsp3) is 0.400. The molecule has 4 heteroatoms. The topological polar surface area (TPSA) is 33.5 Å². The van der Waals surface area contributed by atoms with E-state index < -0.39 is 0 Å². The molecule has 3 rings (SSSR count). The lowest BCUT2D eigenvalue weighted by molar-refractivity contribution is 0.0605. The third-order valence-electron chi connectivity index (χ3n) is 3.75. The van der Waals surface area contributed by atoms with Gasteiger partial charge in [-0.2, -0.15) is 0 Å². The summed E-state index contributed by atoms with van der Waals surface area (Å²) in [6.45, 7) is 2.91. The molecule has 2 heterocycles. The van der Waals surface area contributed by atoms with Crippen molar-refractivity contribution in [3.8, 4) is 0 Å². The van der Waals surface area contributed by atoms with Crippen LogP contribution in [0.3, 0.4) is 0 Å². The maximum Gasteiger partial charge on any atom is 0.289 e. The van der Waals surface area contributed by atoms with Crippen molar-refractivity contribution in [2.75, 3.05) is 6.54 Å². The molecule has 100 valence electrons. The Morgan fingerprint density at radius 3 is 3.00 bits per heavy atom. The Bertz CT molecular complexity index is 620. The van der Waals surface area contributed by atoms with E-state index in [9.17, 15) is 4.79 Å². The number of rotatable bonds is 1. The standard InChI is InChI=1S/C15H16ClNO2/c1-10-4-2-3-7-17(10)15(18)14-9-11-8-12(16)5-6-13(11)19-14/h5-6,8-10H,2-4,7H2,1H3. The number of hydrogen-bond donors (Lipinski definition) is 0. The highest BCUT2D eigenvalue weighted by molar-refractivity contribution is 6.31. The molecule has 1 amide bonds. The molecule has 0 radical (unpaired) electrons. The lowest BCUT2D eigenvalue weighted by atomic mass is 10.0. The van der Waals surface area contributed by atoms with Gasteiger partial charge in [0, 0.05) is 23.0 Å². The van der Waals surface area contributed by atoms with E-state index >= 15 is 0 Å². The molecule has 1 aliphatic rings. The van der Waals surface area contributed by atoms with Gasteiger partial charge >= 0.3 is 0 Å². The SMILES string of the molecule is CC1CCCCN1C(=O)c1cc2cc(Cl)ccc2o1. The summed E-state index contributed by atoms with van der Waals surface area (Å²) < 4.78 is 5.64. The molecule has 1 saturated heterocycles. The maximum absolute atomic E-state index is 12.5. The molecular formula is C15H16ClNO2. The molecule has 1 atom stereocenters. The quantitative estimate of drug-likeness (QED) is 0.786. The first-order chi connectivity index (χ1) is 9.15. The number of halogens is 1. The summed E-state index contributed by atoms with van der Waals surface area (Å²) in [5.41, 5.74) is 0.706. The lowest BCUT2D eigenvalue weighted by Crippen LogP contribution is -2.41. The second-order valence-corrected chi connectivity index (χ2v) is 5.57. The van der Waals surface area contributed by atoms with Crippen LogP contribution in [0, 0.1) is 0 Å². The Morgan fingerprint density at radius 2 is 2.21 bits per heavy atom. The van der Waals surface area contributed by atoms with E-state index in [-0.39, 0.29) is 11.9 Å². The molecule has 2 aromatic rings. The molecule has 1 aliphatic heterocycles. The average molecular weight is 278 g/mol. The van der Waals surface area contributed by atoms with Gasteiger partial charge in [0.05, 0.1) is 0 Å². The summed E-state index contributed by atoms with van der Waals surface area (Å²) in [6.07, 6.45) is 3.33. The van der Waals surface area contributed by atoms with E-state index in [2.05, 4.69) is 6.92 Å². The van der Waals surface area contributed by atoms with Crippen LogP contribution in [0.4, 0.5) is 0 Å². The lowest BCUT2D eigenvalue weighted by Gasteiger charge is -2.32. The van der Waals surface area contributed by atoms with Crippen molar-refractivity contribution < 1.29 is 9.21 Å². The van der Waals surface area contributed by atoms with E-state index in [1.807, 2.05) is 11.0 Å². The number of benzene rings is 1. The minimum absolute atomic E-state index is 0.0143. The smallest absolute Gasteiger partial charge is 0.289 e. The molecule has 0 bridgehead atoms. The molecule has 0 N–H and O–H groups in total. The molecule has 3 nitrogen and oxygen atoms in total. The number of hydrogen-bond acceptors (Lipinski definition) is 2. The highest BCUT2D eigenvalue weighted by Crippen LogP contribution is 2.25. The van der Waals surface area contributed by atoms with Gasteiger partial charge in [0.2, 0.25) is 0 Å². The van der Waals surface area contributed by atoms with Gasteiger partial charge in [0.15, 0.2) is 5.76 Å². The Kier molecular flexibility index (Phi) is 3.23. The van der Waals surface area contributed by atoms with Crippen LogP contribution in [0.1, 0.15) is 36.7 Å². The number of carbonyl (C=O) groups is 1. The molecule has 1 aromatic carbocycles. The zero-order chi connectivity index (χ0) is 13.4. The highest BCUT2D eigenvalue weighted by Gasteiger charge is 2.26. The van der Waals surface area contributed by atoms with Crippen molar-refractivity contribution in [2.45, 2.75) is 32.2 Å². The summed E-state index contributed by atoms with van der Waals surface area (Å²) in [4.78, 5) is 14.4. The summed E-state index contributed by atoms with van der Waals surface area (Å²) in [5.74, 6) is 0.394. The largest absolute Gasteiger partial charge is 0.451 e. The van der Waals surface area contributed by atoms with Crippen LogP contribution in [0.2, 0.25) is 5.02 Å². The van der Waals surface area contributed by atoms with Crippen molar-refractivity contribution in [2.24, 2.45) is 0 Å². The second-order valence-electron chi connectivity index (χ2n) is 5.14. The summed E-state index contributed by atoms with van der Waals surface area (Å²) in [6, 6.07) is 7.46. The predicted molar refractivity (Wildman–Crippen MR) is 75.6 cm³/mol. The number of fused-ring (bicyclic) bond motifs is 1. The summed E-state index contributed by atoms with van der Waals surface area (Å²) in [7, 11) is 0. The van der Waals surface area contributed by atoms with E-state index in [0.717, 1.165) is 24.8 Å². The minimum Gasteiger partial charge on any atom is -0.451 e. The van der Waals surface area contributed by atoms with Crippen LogP contribution in [0.15, 0.2) is 28.7 Å². The van der Waals surface area contributed by atoms with Gasteiger partial charge in [-0.05, 0) is 50.5 Å². The molecule has 1 aromatic heterocycles. The Labute approximate surface area is 117 Å². The van der Waals surface area contributed by atoms with Crippen LogP contribution in [0.5, 0.6) is 0 Å². The van der Waals surface area contributed by atoms with Crippen LogP contribution in [-0.4, -0.2) is 23.4 Å². The van der Waals surface area contributed by atoms with Gasteiger partial charge in [0.25, 0.3) is 5.91 Å². The molecule has 1 unspecified atom stereocenters. The van der Waals surface area contributed by atoms with Crippen molar-refractivity contribution in [3.63, 3.8) is 0 Å². The molecule has 1 fully saturated rings. The van der Waals surface area contributed by atoms with Crippen molar-refractivity contribution in [1.29, 1.82) is 0 Å². The summed E-state index contributed by atoms with van der Waals surface area (Å²) >= 11 is 5.94. The van der Waals surface area contributed by atoms with Gasteiger partial charge in [-0.1, -0.05) is 11.6 Å². The van der Waals surface area contributed by atoms with E-state index in [0.29, 0.717) is 16.4 Å². The average Bonchev–Trinajstić information content (AvgIpc) is 2.81. The fourth-order valence-electron chi connectivity index (χ4n) is 2.66. The number of piperidine rings is 1. The first kappa shape index (κ1) is 12.5. The maximum atomic E-state index is 12.5. The fourth-order valence-corrected chi connectivity index (χ4v) is 2.84. The molecule has 19 heavy (non-hydrogen) atoms. The highest BCUT2D eigenvalue weighted by atomic mass is 35.5. The first-order valence-corrected chi connectivity index (χ1v) is 7.03. The second kappa shape index (κ2) is 4.89. The van der Waals surface area contributed by atoms with Gasteiger partial charge < -0.3 is 9.32 Å². The van der Waals surface area contributed by atoms with Gasteiger partial charge in [0.1, 0.15) is 5.58 Å². The first-order valence-electron chi connectivity index (χ1n) is 6.65. The van der Waals surface area contributed by atoms with Gasteiger partial charge in [-0.3, -0.25) is 4.79 Å². The van der Waals surface area contributed by atoms with E-state index in [1.54, 1.807) is 18.2 Å². The third kappa shape index (κ3) is 2.35. The number of amides is 1. The van der Waals surface area contributed by atoms with Crippen LogP contribution >= 0.6 is 11.6 Å². The van der Waals surface area contributed by atoms with Gasteiger partial charge in [-0.25, -0.2) is 0 Å². The molecule has 0 spiro atoms. The third-order valence-corrected chi connectivity index (χ3v) is 3.99. The Hall–Kier alpha value is -1.48. The number of furan rings is 1. The van der Waals surface area contributed by atoms with Crippen LogP contribution in [0.25, 0.3) is 11.0 Å². The minimum atomic E-state index is -0.0143. The number of carbonyl (C=O) groups excluding carboxylic acids is 1. The van der Waals surface area contributed by atoms with Crippen molar-refractivity contribution in [3.05, 3.63) is 35.0 Å². The molecular weight excluding hydrogens is 262 g/mol. The predicted octanol–water partition coefficient (Wildman–Crippen LogP) is 4.10. The monoisotopic (exact) mass is 277 g/mol. The van der Waals surface area contributed by atoms with Crippen LogP contribution < -0.4 is 0 Å². The Balaban J connectivity index is 1.92. The van der Waals surface area contributed by atoms with E-state index in [4.69, 9.17) is 16.0 Å². The zero-order valence-corrected chi connectivity index (χ0v) is 11.6. The molecule has 0 aliphatic carbocycles. The number of likely N-dealkylation sites (tertiary alicyclic amines) is 1. The summed E-state index contributed by atoms with van der Waals surface area (Å²) in [5, 5.41) is 1.53. The molecule has 0 saturated carbocycles. The van der Waals surface area contributed by atoms with Crippen molar-refractivity contribution >= 4 is 28.5 Å². The normalized spacial score (nSPS) is 19.9. The number of nitrogens with zero attached hydrogens (tertiary/aromatic N) is 1. The van der Waals surface area contributed by atoms with E-state index in [1.165, 1.54) is 6.42 Å². The van der Waals surface area contributed by atoms with Crippen molar-refractivity contribution in [1.82, 2.24) is 4.90 Å². The van der Waals surface area contributed by atoms with Gasteiger partial charge in [-0.15, -0.1) is 0 Å². The van der Waals surface area contributed by atoms with Crippen LogP contribution in [-0.2, 0) is 0 Å². The zero-order valence-electron chi connectivity index (χ0n) is 10.9.